The first-order valence-electron chi connectivity index (χ1n) is 8.08. The largest absolute Gasteiger partial charge is 0.481 e. The van der Waals surface area contributed by atoms with Crippen LogP contribution in [0, 0.1) is 0 Å². The molecule has 7 N–H and O–H groups in total. The quantitative estimate of drug-likeness (QED) is 0.331. The van der Waals surface area contributed by atoms with Crippen LogP contribution in [0.3, 0.4) is 0 Å². The van der Waals surface area contributed by atoms with E-state index in [0.717, 1.165) is 5.56 Å². The highest BCUT2D eigenvalue weighted by molar-refractivity contribution is 5.83. The van der Waals surface area contributed by atoms with Crippen LogP contribution in [-0.2, 0) is 25.6 Å². The number of nitrogens with two attached hydrogens (primary N) is 2. The highest BCUT2D eigenvalue weighted by Crippen LogP contribution is 2.02. The van der Waals surface area contributed by atoms with E-state index in [1.165, 1.54) is 0 Å². The van der Waals surface area contributed by atoms with Gasteiger partial charge in [-0.2, -0.15) is 0 Å². The second-order valence-electron chi connectivity index (χ2n) is 5.66. The van der Waals surface area contributed by atoms with Crippen LogP contribution in [0.5, 0.6) is 0 Å². The molecule has 0 fully saturated rings. The third kappa shape index (κ3) is 13.9. The van der Waals surface area contributed by atoms with Gasteiger partial charge in [0.15, 0.2) is 0 Å². The number of primary amides is 1. The Morgan fingerprint density at radius 2 is 1.56 bits per heavy atom. The summed E-state index contributed by atoms with van der Waals surface area (Å²) in [5.41, 5.74) is 10.7. The van der Waals surface area contributed by atoms with Gasteiger partial charge in [-0.15, -0.1) is 0 Å². The number of aliphatic carboxylic acids is 3. The van der Waals surface area contributed by atoms with Crippen LogP contribution in [0.4, 0.5) is 0 Å². The van der Waals surface area contributed by atoms with Crippen molar-refractivity contribution in [3.63, 3.8) is 0 Å². The number of carbonyl (C=O) groups excluding carboxylic acids is 1. The van der Waals surface area contributed by atoms with Crippen molar-refractivity contribution in [3.8, 4) is 0 Å². The zero-order valence-corrected chi connectivity index (χ0v) is 14.8. The minimum atomic E-state index is -1.21. The smallest absolute Gasteiger partial charge is 0.321 e. The van der Waals surface area contributed by atoms with Gasteiger partial charge < -0.3 is 26.8 Å². The molecule has 0 bridgehead atoms. The van der Waals surface area contributed by atoms with Gasteiger partial charge in [-0.05, 0) is 12.0 Å². The summed E-state index contributed by atoms with van der Waals surface area (Å²) in [6, 6.07) is 8.54. The van der Waals surface area contributed by atoms with E-state index in [4.69, 9.17) is 21.1 Å². The van der Waals surface area contributed by atoms with E-state index in [-0.39, 0.29) is 25.9 Å². The van der Waals surface area contributed by atoms with E-state index in [1.807, 2.05) is 30.3 Å². The van der Waals surface area contributed by atoms with Crippen molar-refractivity contribution in [3.05, 3.63) is 35.9 Å². The standard InChI is InChI=1S/C13H17NO4.C4H8N2O3/c15-12(16)7-9-14(10-13(17)18)8-6-11-4-2-1-3-5-11;5-2(4(8)9)1-3(6)7/h1-5H,6-10H2,(H,15,16)(H,17,18);2H,1,5H2,(H2,6,7)(H,8,9)/t;2-/m.1/s1. The zero-order valence-electron chi connectivity index (χ0n) is 14.8. The summed E-state index contributed by atoms with van der Waals surface area (Å²) in [6.07, 6.45) is 0.366. The summed E-state index contributed by atoms with van der Waals surface area (Å²) in [7, 11) is 0. The van der Waals surface area contributed by atoms with Gasteiger partial charge in [-0.3, -0.25) is 24.1 Å². The topological polar surface area (TPSA) is 184 Å². The average Bonchev–Trinajstić information content (AvgIpc) is 2.57. The second kappa shape index (κ2) is 13.3. The number of amides is 1. The molecule has 0 radical (unpaired) electrons. The molecule has 0 spiro atoms. The number of carbonyl (C=O) groups is 4. The van der Waals surface area contributed by atoms with Crippen molar-refractivity contribution in [2.45, 2.75) is 25.3 Å². The Bertz CT molecular complexity index is 622. The minimum absolute atomic E-state index is 0.0396. The Labute approximate surface area is 156 Å². The molecule has 0 unspecified atom stereocenters. The van der Waals surface area contributed by atoms with Crippen LogP contribution in [-0.4, -0.2) is 69.7 Å². The van der Waals surface area contributed by atoms with Crippen molar-refractivity contribution >= 4 is 23.8 Å². The highest BCUT2D eigenvalue weighted by atomic mass is 16.4. The predicted molar refractivity (Wildman–Crippen MR) is 95.9 cm³/mol. The van der Waals surface area contributed by atoms with Crippen LogP contribution in [0.25, 0.3) is 0 Å². The first-order chi connectivity index (χ1) is 12.6. The fourth-order valence-corrected chi connectivity index (χ4v) is 1.95. The maximum Gasteiger partial charge on any atom is 0.321 e. The van der Waals surface area contributed by atoms with Gasteiger partial charge in [-0.25, -0.2) is 0 Å². The second-order valence-corrected chi connectivity index (χ2v) is 5.66. The van der Waals surface area contributed by atoms with Gasteiger partial charge in [0.1, 0.15) is 6.04 Å². The fraction of sp³-hybridized carbons (Fsp3) is 0.412. The maximum absolute atomic E-state index is 10.7. The summed E-state index contributed by atoms with van der Waals surface area (Å²) >= 11 is 0. The lowest BCUT2D eigenvalue weighted by Crippen LogP contribution is -2.34. The third-order valence-electron chi connectivity index (χ3n) is 3.30. The summed E-state index contributed by atoms with van der Waals surface area (Å²) in [4.78, 5) is 42.7. The molecule has 150 valence electrons. The third-order valence-corrected chi connectivity index (χ3v) is 3.30. The van der Waals surface area contributed by atoms with E-state index < -0.39 is 29.9 Å². The first kappa shape index (κ1) is 24.0. The summed E-state index contributed by atoms with van der Waals surface area (Å²) < 4.78 is 0. The number of benzene rings is 1. The molecule has 0 aliphatic heterocycles. The van der Waals surface area contributed by atoms with Crippen molar-refractivity contribution < 1.29 is 34.5 Å². The molecule has 27 heavy (non-hydrogen) atoms. The van der Waals surface area contributed by atoms with E-state index in [2.05, 4.69) is 5.73 Å². The van der Waals surface area contributed by atoms with Crippen LogP contribution in [0.2, 0.25) is 0 Å². The Balaban J connectivity index is 0.000000636. The van der Waals surface area contributed by atoms with E-state index >= 15 is 0 Å². The molecule has 1 atom stereocenters. The number of rotatable bonds is 11. The SMILES string of the molecule is NC(=O)C[C@@H](N)C(=O)O.O=C(O)CCN(CCc1ccccc1)CC(=O)O. The van der Waals surface area contributed by atoms with Gasteiger partial charge in [0.25, 0.3) is 0 Å². The molecular weight excluding hydrogens is 358 g/mol. The highest BCUT2D eigenvalue weighted by Gasteiger charge is 2.13. The summed E-state index contributed by atoms with van der Waals surface area (Å²) in [5, 5.41) is 25.5. The molecule has 0 aliphatic rings. The van der Waals surface area contributed by atoms with E-state index in [1.54, 1.807) is 4.90 Å². The normalized spacial score (nSPS) is 11.2. The molecule has 10 heteroatoms. The molecule has 1 aromatic rings. The van der Waals surface area contributed by atoms with Gasteiger partial charge in [-0.1, -0.05) is 30.3 Å². The Morgan fingerprint density at radius 1 is 0.963 bits per heavy atom. The fourth-order valence-electron chi connectivity index (χ4n) is 1.95. The molecule has 1 aromatic carbocycles. The Morgan fingerprint density at radius 3 is 1.96 bits per heavy atom. The molecule has 0 aliphatic carbocycles. The average molecular weight is 383 g/mol. The van der Waals surface area contributed by atoms with Gasteiger partial charge in [0.2, 0.25) is 5.91 Å². The van der Waals surface area contributed by atoms with Gasteiger partial charge >= 0.3 is 17.9 Å². The number of hydrogen-bond acceptors (Lipinski definition) is 6. The van der Waals surface area contributed by atoms with Gasteiger partial charge in [0.05, 0.1) is 19.4 Å². The molecule has 1 rings (SSSR count). The minimum Gasteiger partial charge on any atom is -0.481 e. The summed E-state index contributed by atoms with van der Waals surface area (Å²) in [6.45, 7) is 0.679. The number of hydrogen-bond donors (Lipinski definition) is 5. The predicted octanol–water partition coefficient (Wildman–Crippen LogP) is -0.636. The van der Waals surface area contributed by atoms with Crippen LogP contribution >= 0.6 is 0 Å². The molecule has 0 aromatic heterocycles. The van der Waals surface area contributed by atoms with Crippen molar-refractivity contribution in [2.75, 3.05) is 19.6 Å². The van der Waals surface area contributed by atoms with Crippen LogP contribution in [0.15, 0.2) is 30.3 Å². The number of nitrogens with zero attached hydrogens (tertiary/aromatic N) is 1. The monoisotopic (exact) mass is 383 g/mol. The maximum atomic E-state index is 10.7. The lowest BCUT2D eigenvalue weighted by molar-refractivity contribution is -0.141. The molecule has 10 nitrogen and oxygen atoms in total. The van der Waals surface area contributed by atoms with Crippen molar-refractivity contribution in [2.24, 2.45) is 11.5 Å². The molecule has 0 saturated heterocycles. The Hall–Kier alpha value is -2.98. The van der Waals surface area contributed by atoms with E-state index in [9.17, 15) is 19.2 Å². The first-order valence-corrected chi connectivity index (χ1v) is 8.08. The molecular formula is C17H25N3O7. The number of carboxylic acid groups (broad SMARTS) is 3. The molecule has 0 saturated carbocycles. The van der Waals surface area contributed by atoms with Crippen LogP contribution in [0.1, 0.15) is 18.4 Å². The molecule has 0 heterocycles. The lowest BCUT2D eigenvalue weighted by atomic mass is 10.1. The number of carboxylic acids is 3. The Kier molecular flexibility index (Phi) is 11.8. The molecule has 1 amide bonds. The van der Waals surface area contributed by atoms with Crippen molar-refractivity contribution in [1.29, 1.82) is 0 Å². The summed E-state index contributed by atoms with van der Waals surface area (Å²) in [5.74, 6) is -3.77. The lowest BCUT2D eigenvalue weighted by Gasteiger charge is -2.19. The van der Waals surface area contributed by atoms with E-state index in [0.29, 0.717) is 13.0 Å². The van der Waals surface area contributed by atoms with Crippen LogP contribution < -0.4 is 11.5 Å². The van der Waals surface area contributed by atoms with Gasteiger partial charge in [0, 0.05) is 13.1 Å². The van der Waals surface area contributed by atoms with Crippen molar-refractivity contribution in [1.82, 2.24) is 4.90 Å². The zero-order chi connectivity index (χ0) is 20.8.